The zero-order valence-electron chi connectivity index (χ0n) is 13.4. The first kappa shape index (κ1) is 15.8. The maximum atomic E-state index is 12.0. The molecule has 2 aliphatic rings. The third kappa shape index (κ3) is 5.08. The average molecular weight is 280 g/mol. The summed E-state index contributed by atoms with van der Waals surface area (Å²) < 4.78 is 0. The first-order valence-electron chi connectivity index (χ1n) is 8.75. The predicted molar refractivity (Wildman–Crippen MR) is 83.7 cm³/mol. The number of piperidine rings is 1. The Morgan fingerprint density at radius 1 is 1.15 bits per heavy atom. The summed E-state index contributed by atoms with van der Waals surface area (Å²) in [5, 5.41) is 3.76. The molecule has 1 N–H and O–H groups in total. The minimum absolute atomic E-state index is 0.386. The molecule has 1 heterocycles. The average Bonchev–Trinajstić information content (AvgIpc) is 3.28. The van der Waals surface area contributed by atoms with Crippen LogP contribution in [0.3, 0.4) is 0 Å². The molecule has 1 atom stereocenters. The van der Waals surface area contributed by atoms with Gasteiger partial charge in [-0.05, 0) is 39.0 Å². The highest BCUT2D eigenvalue weighted by molar-refractivity contribution is 5.81. The molecule has 3 heteroatoms. The molecule has 1 saturated carbocycles. The molecule has 0 aromatic rings. The first-order chi connectivity index (χ1) is 9.70. The molecule has 1 unspecified atom stereocenters. The topological polar surface area (TPSA) is 32.3 Å². The Hall–Kier alpha value is -0.570. The van der Waals surface area contributed by atoms with Crippen molar-refractivity contribution in [1.82, 2.24) is 10.2 Å². The molecule has 0 spiro atoms. The molecule has 1 amide bonds. The lowest BCUT2D eigenvalue weighted by Gasteiger charge is -2.34. The maximum absolute atomic E-state index is 12.0. The van der Waals surface area contributed by atoms with Crippen LogP contribution < -0.4 is 5.32 Å². The van der Waals surface area contributed by atoms with E-state index in [4.69, 9.17) is 0 Å². The summed E-state index contributed by atoms with van der Waals surface area (Å²) in [4.78, 5) is 14.1. The summed E-state index contributed by atoms with van der Waals surface area (Å²) in [5.41, 5.74) is 0. The maximum Gasteiger partial charge on any atom is 0.225 e. The van der Waals surface area contributed by atoms with Crippen molar-refractivity contribution in [1.29, 1.82) is 0 Å². The zero-order valence-corrected chi connectivity index (χ0v) is 13.4. The second kappa shape index (κ2) is 8.02. The van der Waals surface area contributed by atoms with Crippen LogP contribution >= 0.6 is 0 Å². The van der Waals surface area contributed by atoms with Gasteiger partial charge in [-0.2, -0.15) is 0 Å². The molecule has 0 aromatic carbocycles. The zero-order chi connectivity index (χ0) is 14.4. The molecule has 2 fully saturated rings. The van der Waals surface area contributed by atoms with Gasteiger partial charge in [0, 0.05) is 31.1 Å². The summed E-state index contributed by atoms with van der Waals surface area (Å²) in [6.45, 7) is 6.51. The van der Waals surface area contributed by atoms with E-state index >= 15 is 0 Å². The summed E-state index contributed by atoms with van der Waals surface area (Å²) >= 11 is 0. The van der Waals surface area contributed by atoms with Crippen molar-refractivity contribution in [3.05, 3.63) is 0 Å². The molecule has 0 aromatic heterocycles. The molecule has 1 aliphatic heterocycles. The molecular formula is C17H32N2O. The van der Waals surface area contributed by atoms with Crippen LogP contribution in [0.25, 0.3) is 0 Å². The fraction of sp³-hybridized carbons (Fsp3) is 0.941. The molecular weight excluding hydrogens is 248 g/mol. The molecule has 1 aliphatic carbocycles. The van der Waals surface area contributed by atoms with Gasteiger partial charge in [0.1, 0.15) is 0 Å². The van der Waals surface area contributed by atoms with E-state index in [-0.39, 0.29) is 0 Å². The van der Waals surface area contributed by atoms with Crippen LogP contribution in [0, 0.1) is 5.92 Å². The fourth-order valence-electron chi connectivity index (χ4n) is 3.22. The molecule has 116 valence electrons. The minimum atomic E-state index is 0.386. The molecule has 20 heavy (non-hydrogen) atoms. The highest BCUT2D eigenvalue weighted by Crippen LogP contribution is 2.31. The predicted octanol–water partition coefficient (Wildman–Crippen LogP) is 3.34. The summed E-state index contributed by atoms with van der Waals surface area (Å²) in [6, 6.07) is 1.25. The fourth-order valence-corrected chi connectivity index (χ4v) is 3.22. The first-order valence-corrected chi connectivity index (χ1v) is 8.75. The second-order valence-electron chi connectivity index (χ2n) is 6.79. The summed E-state index contributed by atoms with van der Waals surface area (Å²) in [6.07, 6.45) is 11.2. The van der Waals surface area contributed by atoms with Gasteiger partial charge in [0.15, 0.2) is 0 Å². The second-order valence-corrected chi connectivity index (χ2v) is 6.79. The standard InChI is InChI=1S/C17H32N2O/c1-3-4-5-6-7-14(2)18-16-10-12-19(13-11-16)17(20)15-8-9-15/h14-16,18H,3-13H2,1-2H3. The van der Waals surface area contributed by atoms with E-state index in [9.17, 15) is 4.79 Å². The number of carbonyl (C=O) groups is 1. The number of hydrogen-bond donors (Lipinski definition) is 1. The molecule has 0 bridgehead atoms. The summed E-state index contributed by atoms with van der Waals surface area (Å²) in [7, 11) is 0. The number of nitrogens with one attached hydrogen (secondary N) is 1. The van der Waals surface area contributed by atoms with E-state index in [1.807, 2.05) is 0 Å². The third-order valence-corrected chi connectivity index (χ3v) is 4.74. The highest BCUT2D eigenvalue weighted by atomic mass is 16.2. The number of likely N-dealkylation sites (tertiary alicyclic amines) is 1. The molecule has 3 nitrogen and oxygen atoms in total. The Morgan fingerprint density at radius 3 is 2.45 bits per heavy atom. The summed E-state index contributed by atoms with van der Waals surface area (Å²) in [5.74, 6) is 0.813. The van der Waals surface area contributed by atoms with Crippen molar-refractivity contribution >= 4 is 5.91 Å². The largest absolute Gasteiger partial charge is 0.342 e. The number of unbranched alkanes of at least 4 members (excludes halogenated alkanes) is 3. The SMILES string of the molecule is CCCCCCC(C)NC1CCN(C(=O)C2CC2)CC1. The van der Waals surface area contributed by atoms with Gasteiger partial charge in [-0.3, -0.25) is 4.79 Å². The van der Waals surface area contributed by atoms with Crippen LogP contribution in [-0.4, -0.2) is 36.0 Å². The minimum Gasteiger partial charge on any atom is -0.342 e. The van der Waals surface area contributed by atoms with Gasteiger partial charge < -0.3 is 10.2 Å². The molecule has 1 saturated heterocycles. The van der Waals surface area contributed by atoms with E-state index < -0.39 is 0 Å². The van der Waals surface area contributed by atoms with Crippen molar-refractivity contribution < 1.29 is 4.79 Å². The van der Waals surface area contributed by atoms with Crippen LogP contribution in [0.1, 0.15) is 71.6 Å². The Morgan fingerprint density at radius 2 is 1.85 bits per heavy atom. The Kier molecular flexibility index (Phi) is 6.34. The number of nitrogens with zero attached hydrogens (tertiary/aromatic N) is 1. The quantitative estimate of drug-likeness (QED) is 0.692. The molecule has 2 rings (SSSR count). The van der Waals surface area contributed by atoms with Crippen LogP contribution in [-0.2, 0) is 4.79 Å². The van der Waals surface area contributed by atoms with E-state index in [1.165, 1.54) is 32.1 Å². The highest BCUT2D eigenvalue weighted by Gasteiger charge is 2.34. The van der Waals surface area contributed by atoms with Gasteiger partial charge in [0.2, 0.25) is 5.91 Å². The van der Waals surface area contributed by atoms with E-state index in [1.54, 1.807) is 0 Å². The van der Waals surface area contributed by atoms with Gasteiger partial charge in [-0.25, -0.2) is 0 Å². The van der Waals surface area contributed by atoms with E-state index in [0.29, 0.717) is 23.9 Å². The monoisotopic (exact) mass is 280 g/mol. The number of carbonyl (C=O) groups excluding carboxylic acids is 1. The Bertz CT molecular complexity index is 293. The van der Waals surface area contributed by atoms with Crippen LogP contribution in [0.4, 0.5) is 0 Å². The lowest BCUT2D eigenvalue weighted by Crippen LogP contribution is -2.47. The third-order valence-electron chi connectivity index (χ3n) is 4.74. The van der Waals surface area contributed by atoms with Crippen molar-refractivity contribution in [3.8, 4) is 0 Å². The van der Waals surface area contributed by atoms with Crippen molar-refractivity contribution in [3.63, 3.8) is 0 Å². The van der Waals surface area contributed by atoms with Crippen molar-refractivity contribution in [2.24, 2.45) is 5.92 Å². The van der Waals surface area contributed by atoms with E-state index in [2.05, 4.69) is 24.1 Å². The van der Waals surface area contributed by atoms with E-state index in [0.717, 1.165) is 38.8 Å². The number of amides is 1. The lowest BCUT2D eigenvalue weighted by molar-refractivity contribution is -0.133. The number of hydrogen-bond acceptors (Lipinski definition) is 2. The van der Waals surface area contributed by atoms with Gasteiger partial charge in [0.25, 0.3) is 0 Å². The Labute approximate surface area is 124 Å². The van der Waals surface area contributed by atoms with Gasteiger partial charge in [-0.1, -0.05) is 32.6 Å². The lowest BCUT2D eigenvalue weighted by atomic mass is 10.0. The van der Waals surface area contributed by atoms with Crippen LogP contribution in [0.2, 0.25) is 0 Å². The van der Waals surface area contributed by atoms with Crippen LogP contribution in [0.5, 0.6) is 0 Å². The smallest absolute Gasteiger partial charge is 0.225 e. The molecule has 0 radical (unpaired) electrons. The van der Waals surface area contributed by atoms with Gasteiger partial charge in [0.05, 0.1) is 0 Å². The number of rotatable bonds is 8. The Balaban J connectivity index is 1.57. The van der Waals surface area contributed by atoms with Gasteiger partial charge in [-0.15, -0.1) is 0 Å². The van der Waals surface area contributed by atoms with Crippen LogP contribution in [0.15, 0.2) is 0 Å². The van der Waals surface area contributed by atoms with Crippen molar-refractivity contribution in [2.75, 3.05) is 13.1 Å². The van der Waals surface area contributed by atoms with Gasteiger partial charge >= 0.3 is 0 Å². The normalized spacial score (nSPS) is 22.0. The van der Waals surface area contributed by atoms with Crippen molar-refractivity contribution in [2.45, 2.75) is 83.7 Å².